The van der Waals surface area contributed by atoms with Crippen LogP contribution in [-0.4, -0.2) is 67.3 Å². The molecular weight excluding hydrogens is 210 g/mol. The molecule has 0 radical (unpaired) electrons. The molecule has 0 aromatic rings. The fourth-order valence-electron chi connectivity index (χ4n) is 1.79. The Hall–Kier alpha value is -0.230. The van der Waals surface area contributed by atoms with Gasteiger partial charge in [-0.25, -0.2) is 0 Å². The van der Waals surface area contributed by atoms with Crippen molar-refractivity contribution in [2.24, 2.45) is 5.73 Å². The lowest BCUT2D eigenvalue weighted by Gasteiger charge is -2.35. The monoisotopic (exact) mass is 231 g/mol. The molecule has 4 nitrogen and oxygen atoms in total. The standard InChI is InChI=1S/C10H21N3OS/c1-9(14-2)7-12-3-5-13(6-4-12)8-10(11)15/h9H,3-8H2,1-2H3,(H2,11,15). The summed E-state index contributed by atoms with van der Waals surface area (Å²) in [6.45, 7) is 8.12. The summed E-state index contributed by atoms with van der Waals surface area (Å²) >= 11 is 4.90. The number of ether oxygens (including phenoxy) is 1. The van der Waals surface area contributed by atoms with Crippen molar-refractivity contribution in [3.05, 3.63) is 0 Å². The van der Waals surface area contributed by atoms with Crippen molar-refractivity contribution in [1.29, 1.82) is 0 Å². The van der Waals surface area contributed by atoms with Crippen molar-refractivity contribution < 1.29 is 4.74 Å². The molecule has 1 heterocycles. The Balaban J connectivity index is 2.20. The second-order valence-corrected chi connectivity index (χ2v) is 4.61. The molecule has 1 unspecified atom stereocenters. The van der Waals surface area contributed by atoms with Crippen LogP contribution in [0, 0.1) is 0 Å². The summed E-state index contributed by atoms with van der Waals surface area (Å²) in [4.78, 5) is 5.31. The molecule has 1 atom stereocenters. The van der Waals surface area contributed by atoms with Crippen molar-refractivity contribution in [3.63, 3.8) is 0 Å². The molecule has 0 aromatic carbocycles. The predicted molar refractivity (Wildman–Crippen MR) is 66.1 cm³/mol. The third kappa shape index (κ3) is 4.88. The van der Waals surface area contributed by atoms with Crippen LogP contribution in [0.15, 0.2) is 0 Å². The zero-order chi connectivity index (χ0) is 11.3. The lowest BCUT2D eigenvalue weighted by atomic mass is 10.2. The SMILES string of the molecule is COC(C)CN1CCN(CC(N)=S)CC1. The molecule has 0 aliphatic carbocycles. The molecule has 0 bridgehead atoms. The number of rotatable bonds is 5. The highest BCUT2D eigenvalue weighted by Crippen LogP contribution is 2.03. The molecule has 0 saturated carbocycles. The van der Waals surface area contributed by atoms with Gasteiger partial charge in [-0.15, -0.1) is 0 Å². The topological polar surface area (TPSA) is 41.7 Å². The molecular formula is C10H21N3OS. The quantitative estimate of drug-likeness (QED) is 0.671. The fraction of sp³-hybridized carbons (Fsp3) is 0.900. The van der Waals surface area contributed by atoms with E-state index in [9.17, 15) is 0 Å². The first-order valence-electron chi connectivity index (χ1n) is 5.37. The van der Waals surface area contributed by atoms with E-state index in [0.717, 1.165) is 39.3 Å². The van der Waals surface area contributed by atoms with Crippen molar-refractivity contribution >= 4 is 17.2 Å². The number of hydrogen-bond donors (Lipinski definition) is 1. The Morgan fingerprint density at radius 2 is 1.87 bits per heavy atom. The smallest absolute Gasteiger partial charge is 0.0870 e. The van der Waals surface area contributed by atoms with Gasteiger partial charge in [0.25, 0.3) is 0 Å². The second-order valence-electron chi connectivity index (χ2n) is 4.09. The molecule has 0 spiro atoms. The van der Waals surface area contributed by atoms with Gasteiger partial charge in [0.2, 0.25) is 0 Å². The molecule has 2 N–H and O–H groups in total. The Kier molecular flexibility index (Phi) is 5.45. The van der Waals surface area contributed by atoms with Crippen molar-refractivity contribution in [2.75, 3.05) is 46.4 Å². The van der Waals surface area contributed by atoms with E-state index in [-0.39, 0.29) is 0 Å². The van der Waals surface area contributed by atoms with Gasteiger partial charge < -0.3 is 10.5 Å². The second kappa shape index (κ2) is 6.37. The normalized spacial score (nSPS) is 21.5. The van der Waals surface area contributed by atoms with Crippen LogP contribution < -0.4 is 5.73 Å². The van der Waals surface area contributed by atoms with Gasteiger partial charge >= 0.3 is 0 Å². The molecule has 5 heteroatoms. The first-order chi connectivity index (χ1) is 7.11. The molecule has 1 aliphatic heterocycles. The minimum absolute atomic E-state index is 0.312. The zero-order valence-electron chi connectivity index (χ0n) is 9.61. The van der Waals surface area contributed by atoms with Crippen molar-refractivity contribution in [1.82, 2.24) is 9.80 Å². The molecule has 0 amide bonds. The summed E-state index contributed by atoms with van der Waals surface area (Å²) in [5.74, 6) is 0. The summed E-state index contributed by atoms with van der Waals surface area (Å²) in [5.41, 5.74) is 5.52. The van der Waals surface area contributed by atoms with Gasteiger partial charge in [0.15, 0.2) is 0 Å². The van der Waals surface area contributed by atoms with E-state index in [1.165, 1.54) is 0 Å². The van der Waals surface area contributed by atoms with Crippen LogP contribution in [0.4, 0.5) is 0 Å². The van der Waals surface area contributed by atoms with Crippen LogP contribution in [0.5, 0.6) is 0 Å². The van der Waals surface area contributed by atoms with Crippen LogP contribution in [0.1, 0.15) is 6.92 Å². The third-order valence-corrected chi connectivity index (χ3v) is 2.89. The fourth-order valence-corrected chi connectivity index (χ4v) is 1.97. The van der Waals surface area contributed by atoms with E-state index in [1.54, 1.807) is 7.11 Å². The van der Waals surface area contributed by atoms with Crippen LogP contribution in [0.25, 0.3) is 0 Å². The number of nitrogens with two attached hydrogens (primary N) is 1. The first kappa shape index (κ1) is 12.8. The minimum Gasteiger partial charge on any atom is -0.392 e. The zero-order valence-corrected chi connectivity index (χ0v) is 10.4. The third-order valence-electron chi connectivity index (χ3n) is 2.76. The van der Waals surface area contributed by atoms with Gasteiger partial charge in [0.05, 0.1) is 11.1 Å². The number of piperazine rings is 1. The summed E-state index contributed by atoms with van der Waals surface area (Å²) in [5, 5.41) is 0. The van der Waals surface area contributed by atoms with Gasteiger partial charge in [-0.2, -0.15) is 0 Å². The molecule has 1 saturated heterocycles. The van der Waals surface area contributed by atoms with Crippen LogP contribution in [-0.2, 0) is 4.74 Å². The molecule has 1 rings (SSSR count). The van der Waals surface area contributed by atoms with E-state index in [1.807, 2.05) is 0 Å². The Labute approximate surface area is 97.3 Å². The van der Waals surface area contributed by atoms with E-state index in [4.69, 9.17) is 22.7 Å². The lowest BCUT2D eigenvalue weighted by molar-refractivity contribution is 0.0556. The van der Waals surface area contributed by atoms with Crippen LogP contribution in [0.2, 0.25) is 0 Å². The number of nitrogens with zero attached hydrogens (tertiary/aromatic N) is 2. The van der Waals surface area contributed by atoms with Crippen LogP contribution >= 0.6 is 12.2 Å². The predicted octanol–water partition coefficient (Wildman–Crippen LogP) is -0.0750. The summed E-state index contributed by atoms with van der Waals surface area (Å²) < 4.78 is 5.25. The highest BCUT2D eigenvalue weighted by molar-refractivity contribution is 7.80. The summed E-state index contributed by atoms with van der Waals surface area (Å²) in [6, 6.07) is 0. The van der Waals surface area contributed by atoms with Crippen molar-refractivity contribution in [3.8, 4) is 0 Å². The van der Waals surface area contributed by atoms with Gasteiger partial charge in [0, 0.05) is 46.4 Å². The number of thiocarbonyl (C=S) groups is 1. The molecule has 88 valence electrons. The average Bonchev–Trinajstić information content (AvgIpc) is 2.20. The van der Waals surface area contributed by atoms with E-state index < -0.39 is 0 Å². The molecule has 0 aromatic heterocycles. The van der Waals surface area contributed by atoms with E-state index in [0.29, 0.717) is 11.1 Å². The summed E-state index contributed by atoms with van der Waals surface area (Å²) in [6.07, 6.45) is 0.312. The van der Waals surface area contributed by atoms with Gasteiger partial charge in [-0.1, -0.05) is 12.2 Å². The van der Waals surface area contributed by atoms with Crippen LogP contribution in [0.3, 0.4) is 0 Å². The highest BCUT2D eigenvalue weighted by Gasteiger charge is 2.18. The molecule has 1 fully saturated rings. The first-order valence-corrected chi connectivity index (χ1v) is 5.78. The maximum absolute atomic E-state index is 5.52. The highest BCUT2D eigenvalue weighted by atomic mass is 32.1. The molecule has 15 heavy (non-hydrogen) atoms. The minimum atomic E-state index is 0.312. The largest absolute Gasteiger partial charge is 0.392 e. The van der Waals surface area contributed by atoms with Gasteiger partial charge in [0.1, 0.15) is 0 Å². The van der Waals surface area contributed by atoms with Gasteiger partial charge in [-0.3, -0.25) is 9.80 Å². The Morgan fingerprint density at radius 3 is 2.33 bits per heavy atom. The Bertz CT molecular complexity index is 205. The van der Waals surface area contributed by atoms with E-state index >= 15 is 0 Å². The maximum Gasteiger partial charge on any atom is 0.0870 e. The Morgan fingerprint density at radius 1 is 1.33 bits per heavy atom. The van der Waals surface area contributed by atoms with E-state index in [2.05, 4.69) is 16.7 Å². The van der Waals surface area contributed by atoms with Crippen molar-refractivity contribution in [2.45, 2.75) is 13.0 Å². The maximum atomic E-state index is 5.52. The number of hydrogen-bond acceptors (Lipinski definition) is 4. The number of methoxy groups -OCH3 is 1. The average molecular weight is 231 g/mol. The summed E-state index contributed by atoms with van der Waals surface area (Å²) in [7, 11) is 1.76. The van der Waals surface area contributed by atoms with Gasteiger partial charge in [-0.05, 0) is 6.92 Å². The lowest BCUT2D eigenvalue weighted by Crippen LogP contribution is -2.50. The molecule has 1 aliphatic rings.